The van der Waals surface area contributed by atoms with E-state index < -0.39 is 0 Å². The van der Waals surface area contributed by atoms with E-state index in [9.17, 15) is 9.18 Å². The van der Waals surface area contributed by atoms with Crippen LogP contribution >= 0.6 is 11.3 Å². The van der Waals surface area contributed by atoms with Gasteiger partial charge in [-0.3, -0.25) is 0 Å². The van der Waals surface area contributed by atoms with Crippen LogP contribution in [0, 0.1) is 5.82 Å². The Kier molecular flexibility index (Phi) is 5.77. The molecule has 1 N–H and O–H groups in total. The predicted molar refractivity (Wildman–Crippen MR) is 93.2 cm³/mol. The quantitative estimate of drug-likeness (QED) is 0.834. The summed E-state index contributed by atoms with van der Waals surface area (Å²) < 4.78 is 13.0. The van der Waals surface area contributed by atoms with E-state index in [1.807, 2.05) is 38.3 Å². The standard InChI is InChI=1S/C18H23FN2OS/c1-4-21(12-16-6-5-11-23-16)17(22)20-13-18(2,3)14-7-9-15(19)10-8-14/h5-11H,4,12-13H2,1-3H3,(H,20,22). The molecule has 0 saturated carbocycles. The molecule has 0 aliphatic heterocycles. The van der Waals surface area contributed by atoms with Crippen molar-refractivity contribution in [2.45, 2.75) is 32.7 Å². The lowest BCUT2D eigenvalue weighted by molar-refractivity contribution is 0.196. The minimum Gasteiger partial charge on any atom is -0.337 e. The molecular formula is C18H23FN2OS. The number of carbonyl (C=O) groups excluding carboxylic acids is 1. The van der Waals surface area contributed by atoms with Crippen molar-refractivity contribution >= 4 is 17.4 Å². The molecule has 1 aromatic carbocycles. The van der Waals surface area contributed by atoms with Crippen molar-refractivity contribution in [2.24, 2.45) is 0 Å². The van der Waals surface area contributed by atoms with E-state index in [1.165, 1.54) is 17.0 Å². The molecule has 0 radical (unpaired) electrons. The Hall–Kier alpha value is -1.88. The molecule has 0 atom stereocenters. The number of benzene rings is 1. The number of nitrogens with zero attached hydrogens (tertiary/aromatic N) is 1. The molecular weight excluding hydrogens is 311 g/mol. The number of carbonyl (C=O) groups is 1. The lowest BCUT2D eigenvalue weighted by Crippen LogP contribution is -2.44. The molecule has 2 amide bonds. The van der Waals surface area contributed by atoms with Gasteiger partial charge in [-0.25, -0.2) is 9.18 Å². The lowest BCUT2D eigenvalue weighted by Gasteiger charge is -2.28. The molecule has 5 heteroatoms. The Labute approximate surface area is 141 Å². The summed E-state index contributed by atoms with van der Waals surface area (Å²) in [5.74, 6) is -0.248. The molecule has 23 heavy (non-hydrogen) atoms. The van der Waals surface area contributed by atoms with Crippen LogP contribution in [-0.2, 0) is 12.0 Å². The Morgan fingerprint density at radius 1 is 1.26 bits per heavy atom. The number of amides is 2. The molecule has 1 heterocycles. The number of nitrogens with one attached hydrogen (secondary N) is 1. The van der Waals surface area contributed by atoms with Gasteiger partial charge in [-0.05, 0) is 36.1 Å². The van der Waals surface area contributed by atoms with Gasteiger partial charge in [-0.1, -0.05) is 32.0 Å². The van der Waals surface area contributed by atoms with E-state index in [0.29, 0.717) is 19.6 Å². The molecule has 2 rings (SSSR count). The van der Waals surface area contributed by atoms with Crippen molar-refractivity contribution in [2.75, 3.05) is 13.1 Å². The topological polar surface area (TPSA) is 32.3 Å². The fourth-order valence-corrected chi connectivity index (χ4v) is 3.05. The zero-order valence-corrected chi connectivity index (χ0v) is 14.6. The summed E-state index contributed by atoms with van der Waals surface area (Å²) in [6, 6.07) is 10.4. The lowest BCUT2D eigenvalue weighted by atomic mass is 9.84. The summed E-state index contributed by atoms with van der Waals surface area (Å²) in [4.78, 5) is 15.3. The average Bonchev–Trinajstić information content (AvgIpc) is 3.04. The van der Waals surface area contributed by atoms with Gasteiger partial charge in [0.05, 0.1) is 6.54 Å². The molecule has 3 nitrogen and oxygen atoms in total. The van der Waals surface area contributed by atoms with Crippen LogP contribution in [0.3, 0.4) is 0 Å². The second-order valence-corrected chi connectivity index (χ2v) is 7.18. The van der Waals surface area contributed by atoms with Crippen molar-refractivity contribution in [1.29, 1.82) is 0 Å². The Bertz CT molecular complexity index is 623. The highest BCUT2D eigenvalue weighted by Gasteiger charge is 2.23. The molecule has 0 aliphatic rings. The van der Waals surface area contributed by atoms with E-state index in [0.717, 1.165) is 5.56 Å². The van der Waals surface area contributed by atoms with Gasteiger partial charge in [0.25, 0.3) is 0 Å². The molecule has 0 saturated heterocycles. The van der Waals surface area contributed by atoms with Crippen molar-refractivity contribution in [3.05, 3.63) is 58.0 Å². The minimum atomic E-state index is -0.258. The highest BCUT2D eigenvalue weighted by atomic mass is 32.1. The second-order valence-electron chi connectivity index (χ2n) is 6.14. The fourth-order valence-electron chi connectivity index (χ4n) is 2.33. The van der Waals surface area contributed by atoms with Crippen LogP contribution in [0.1, 0.15) is 31.2 Å². The SMILES string of the molecule is CCN(Cc1cccs1)C(=O)NCC(C)(C)c1ccc(F)cc1. The Balaban J connectivity index is 1.94. The molecule has 2 aromatic rings. The van der Waals surface area contributed by atoms with Gasteiger partial charge in [0.15, 0.2) is 0 Å². The third-order valence-corrected chi connectivity index (χ3v) is 4.76. The van der Waals surface area contributed by atoms with Crippen LogP contribution in [0.25, 0.3) is 0 Å². The van der Waals surface area contributed by atoms with Crippen molar-refractivity contribution in [1.82, 2.24) is 10.2 Å². The molecule has 1 aromatic heterocycles. The summed E-state index contributed by atoms with van der Waals surface area (Å²) in [5, 5.41) is 5.01. The largest absolute Gasteiger partial charge is 0.337 e. The highest BCUT2D eigenvalue weighted by molar-refractivity contribution is 7.09. The first-order valence-corrected chi connectivity index (χ1v) is 8.61. The van der Waals surface area contributed by atoms with Crippen LogP contribution in [0.5, 0.6) is 0 Å². The number of thiophene rings is 1. The summed E-state index contributed by atoms with van der Waals surface area (Å²) in [7, 11) is 0. The third-order valence-electron chi connectivity index (χ3n) is 3.90. The molecule has 0 spiro atoms. The normalized spacial score (nSPS) is 11.3. The molecule has 0 aliphatic carbocycles. The maximum absolute atomic E-state index is 13.0. The van der Waals surface area contributed by atoms with Gasteiger partial charge in [0.2, 0.25) is 0 Å². The summed E-state index contributed by atoms with van der Waals surface area (Å²) in [5.41, 5.74) is 0.742. The van der Waals surface area contributed by atoms with Gasteiger partial charge in [-0.15, -0.1) is 11.3 Å². The van der Waals surface area contributed by atoms with Crippen molar-refractivity contribution < 1.29 is 9.18 Å². The van der Waals surface area contributed by atoms with E-state index >= 15 is 0 Å². The third kappa shape index (κ3) is 4.79. The molecule has 124 valence electrons. The summed E-state index contributed by atoms with van der Waals surface area (Å²) >= 11 is 1.65. The Morgan fingerprint density at radius 3 is 2.52 bits per heavy atom. The minimum absolute atomic E-state index is 0.0731. The zero-order valence-electron chi connectivity index (χ0n) is 13.8. The fraction of sp³-hybridized carbons (Fsp3) is 0.389. The van der Waals surface area contributed by atoms with Gasteiger partial charge >= 0.3 is 6.03 Å². The van der Waals surface area contributed by atoms with Gasteiger partial charge < -0.3 is 10.2 Å². The van der Waals surface area contributed by atoms with Crippen molar-refractivity contribution in [3.63, 3.8) is 0 Å². The van der Waals surface area contributed by atoms with E-state index in [-0.39, 0.29) is 17.3 Å². The number of rotatable bonds is 6. The van der Waals surface area contributed by atoms with Crippen LogP contribution < -0.4 is 5.32 Å². The number of hydrogen-bond acceptors (Lipinski definition) is 2. The van der Waals surface area contributed by atoms with Gasteiger partial charge in [0, 0.05) is 23.4 Å². The first-order valence-electron chi connectivity index (χ1n) is 7.73. The predicted octanol–water partition coefficient (Wildman–Crippen LogP) is 4.40. The summed E-state index contributed by atoms with van der Waals surface area (Å²) in [6.07, 6.45) is 0. The smallest absolute Gasteiger partial charge is 0.317 e. The average molecular weight is 334 g/mol. The van der Waals surface area contributed by atoms with Crippen LogP contribution in [0.4, 0.5) is 9.18 Å². The van der Waals surface area contributed by atoms with E-state index in [4.69, 9.17) is 0 Å². The van der Waals surface area contributed by atoms with Crippen molar-refractivity contribution in [3.8, 4) is 0 Å². The number of halogens is 1. The first-order chi connectivity index (χ1) is 10.9. The van der Waals surface area contributed by atoms with E-state index in [2.05, 4.69) is 5.32 Å². The maximum atomic E-state index is 13.0. The monoisotopic (exact) mass is 334 g/mol. The molecule has 0 unspecified atom stereocenters. The van der Waals surface area contributed by atoms with Gasteiger partial charge in [0.1, 0.15) is 5.82 Å². The molecule has 0 fully saturated rings. The molecule has 0 bridgehead atoms. The number of urea groups is 1. The summed E-state index contributed by atoms with van der Waals surface area (Å²) in [6.45, 7) is 7.82. The number of hydrogen-bond donors (Lipinski definition) is 1. The Morgan fingerprint density at radius 2 is 1.96 bits per heavy atom. The maximum Gasteiger partial charge on any atom is 0.317 e. The van der Waals surface area contributed by atoms with Gasteiger partial charge in [-0.2, -0.15) is 0 Å². The van der Waals surface area contributed by atoms with Crippen LogP contribution in [0.15, 0.2) is 41.8 Å². The second kappa shape index (κ2) is 7.59. The zero-order chi connectivity index (χ0) is 16.9. The van der Waals surface area contributed by atoms with Crippen LogP contribution in [0.2, 0.25) is 0 Å². The first kappa shape index (κ1) is 17.5. The van der Waals surface area contributed by atoms with E-state index in [1.54, 1.807) is 28.4 Å². The van der Waals surface area contributed by atoms with Crippen LogP contribution in [-0.4, -0.2) is 24.0 Å². The highest BCUT2D eigenvalue weighted by Crippen LogP contribution is 2.22.